The minimum Gasteiger partial charge on any atom is -0.854 e. The van der Waals surface area contributed by atoms with Crippen LogP contribution in [0.25, 0.3) is 0 Å². The smallest absolute Gasteiger partial charge is 0.371 e. The van der Waals surface area contributed by atoms with Crippen molar-refractivity contribution in [1.82, 2.24) is 4.98 Å². The molecule has 0 fully saturated rings. The van der Waals surface area contributed by atoms with Crippen LogP contribution in [0.1, 0.15) is 68.9 Å². The number of aromatic nitrogens is 2. The van der Waals surface area contributed by atoms with Crippen LogP contribution in [0.15, 0.2) is 30.6 Å². The van der Waals surface area contributed by atoms with Crippen molar-refractivity contribution in [3.05, 3.63) is 36.4 Å². The molecule has 4 heteroatoms. The molecule has 0 unspecified atom stereocenters. The van der Waals surface area contributed by atoms with Crippen molar-refractivity contribution in [3.63, 3.8) is 0 Å². The lowest BCUT2D eigenvalue weighted by molar-refractivity contribution is -0.702. The van der Waals surface area contributed by atoms with Crippen LogP contribution < -0.4 is 9.67 Å². The molecule has 1 heterocycles. The number of nitrogens with zero attached hydrogens (tertiary/aromatic N) is 2. The summed E-state index contributed by atoms with van der Waals surface area (Å²) in [6.07, 6.45) is 12.5. The van der Waals surface area contributed by atoms with Gasteiger partial charge in [0.05, 0.1) is 12.7 Å². The zero-order chi connectivity index (χ0) is 16.2. The summed E-state index contributed by atoms with van der Waals surface area (Å²) in [7, 11) is 0. The maximum Gasteiger partial charge on any atom is 0.371 e. The maximum atomic E-state index is 12.0. The monoisotopic (exact) mass is 304 g/mol. The number of ketones is 1. The first-order chi connectivity index (χ1) is 10.7. The predicted octanol–water partition coefficient (Wildman–Crippen LogP) is 2.61. The minimum absolute atomic E-state index is 0.0631. The Kier molecular flexibility index (Phi) is 9.31. The minimum atomic E-state index is -0.0843. The van der Waals surface area contributed by atoms with E-state index in [4.69, 9.17) is 0 Å². The van der Waals surface area contributed by atoms with E-state index in [1.165, 1.54) is 25.7 Å². The molecule has 0 aromatic carbocycles. The van der Waals surface area contributed by atoms with E-state index < -0.39 is 0 Å². The molecule has 0 atom stereocenters. The van der Waals surface area contributed by atoms with Gasteiger partial charge in [-0.25, -0.2) is 4.57 Å². The quantitative estimate of drug-likeness (QED) is 0.258. The Morgan fingerprint density at radius 1 is 1.14 bits per heavy atom. The Labute approximate surface area is 133 Å². The number of hydrogen-bond donors (Lipinski definition) is 0. The molecular formula is C18H28N2O2. The van der Waals surface area contributed by atoms with Crippen LogP contribution in [0.4, 0.5) is 0 Å². The number of hydrogen-bond acceptors (Lipinski definition) is 3. The highest BCUT2D eigenvalue weighted by Gasteiger charge is 2.20. The summed E-state index contributed by atoms with van der Waals surface area (Å²) in [4.78, 5) is 16.2. The summed E-state index contributed by atoms with van der Waals surface area (Å²) in [6.45, 7) is 6.30. The highest BCUT2D eigenvalue weighted by molar-refractivity contribution is 6.04. The van der Waals surface area contributed by atoms with Gasteiger partial charge in [0.2, 0.25) is 0 Å². The highest BCUT2D eigenvalue weighted by atomic mass is 16.2. The third-order valence-corrected chi connectivity index (χ3v) is 3.71. The van der Waals surface area contributed by atoms with Gasteiger partial charge in [0.15, 0.2) is 0 Å². The largest absolute Gasteiger partial charge is 0.854 e. The standard InChI is InChI=1S/C18H28N2O2/c1-16(2)17(22)18-19-12-11-14-20(18)13-9-7-5-3-4-6-8-10-15-21/h11-12,14H,1,3-10,13,15H2,2H3. The van der Waals surface area contributed by atoms with Crippen LogP contribution in [-0.2, 0) is 6.54 Å². The van der Waals surface area contributed by atoms with Gasteiger partial charge in [0.1, 0.15) is 6.20 Å². The SMILES string of the molecule is C=C(C)C(=O)c1nccc[n+]1CCCCCCCCCC[O-]. The molecule has 0 saturated carbocycles. The molecule has 1 aromatic heterocycles. The molecule has 0 aliphatic carbocycles. The number of unbranched alkanes of at least 4 members (excludes halogenated alkanes) is 7. The molecular weight excluding hydrogens is 276 g/mol. The van der Waals surface area contributed by atoms with Gasteiger partial charge in [-0.3, -0.25) is 4.79 Å². The van der Waals surface area contributed by atoms with Crippen molar-refractivity contribution in [2.75, 3.05) is 6.61 Å². The molecule has 1 rings (SSSR count). The van der Waals surface area contributed by atoms with Crippen LogP contribution in [0.3, 0.4) is 0 Å². The summed E-state index contributed by atoms with van der Waals surface area (Å²) in [5.41, 5.74) is 0.519. The number of aryl methyl sites for hydroxylation is 1. The Balaban J connectivity index is 2.25. The zero-order valence-electron chi connectivity index (χ0n) is 13.7. The number of Topliss-reactive ketones (excluding diaryl/α,β-unsaturated/α-hetero) is 1. The number of carbonyl (C=O) groups excluding carboxylic acids is 1. The maximum absolute atomic E-state index is 12.0. The average Bonchev–Trinajstić information content (AvgIpc) is 2.53. The molecule has 0 aliphatic heterocycles. The first-order valence-corrected chi connectivity index (χ1v) is 8.29. The molecule has 0 N–H and O–H groups in total. The van der Waals surface area contributed by atoms with E-state index in [1.54, 1.807) is 13.1 Å². The van der Waals surface area contributed by atoms with Crippen molar-refractivity contribution >= 4 is 5.78 Å². The summed E-state index contributed by atoms with van der Waals surface area (Å²) in [5, 5.41) is 10.3. The van der Waals surface area contributed by atoms with Crippen molar-refractivity contribution < 1.29 is 14.5 Å². The average molecular weight is 304 g/mol. The van der Waals surface area contributed by atoms with Gasteiger partial charge in [0, 0.05) is 6.07 Å². The van der Waals surface area contributed by atoms with Gasteiger partial charge < -0.3 is 5.11 Å². The number of carbonyl (C=O) groups is 1. The first kappa shape index (κ1) is 18.5. The van der Waals surface area contributed by atoms with Gasteiger partial charge in [0.25, 0.3) is 5.78 Å². The van der Waals surface area contributed by atoms with E-state index >= 15 is 0 Å². The Morgan fingerprint density at radius 2 is 1.73 bits per heavy atom. The van der Waals surface area contributed by atoms with E-state index in [9.17, 15) is 9.90 Å². The summed E-state index contributed by atoms with van der Waals surface area (Å²) in [5.74, 6) is 0.395. The number of rotatable bonds is 12. The lowest BCUT2D eigenvalue weighted by Crippen LogP contribution is -2.41. The molecule has 1 aromatic rings. The topological polar surface area (TPSA) is 56.9 Å². The Hall–Kier alpha value is -1.55. The predicted molar refractivity (Wildman–Crippen MR) is 85.4 cm³/mol. The van der Waals surface area contributed by atoms with E-state index in [2.05, 4.69) is 11.6 Å². The lowest BCUT2D eigenvalue weighted by Gasteiger charge is -2.05. The molecule has 0 amide bonds. The fourth-order valence-electron chi connectivity index (χ4n) is 2.41. The highest BCUT2D eigenvalue weighted by Crippen LogP contribution is 2.08. The van der Waals surface area contributed by atoms with Gasteiger partial charge in [-0.15, -0.1) is 6.61 Å². The summed E-state index contributed by atoms with van der Waals surface area (Å²) < 4.78 is 1.92. The summed E-state index contributed by atoms with van der Waals surface area (Å²) in [6, 6.07) is 1.85. The second-order valence-electron chi connectivity index (χ2n) is 5.78. The van der Waals surface area contributed by atoms with Gasteiger partial charge in [-0.05, 0) is 30.3 Å². The van der Waals surface area contributed by atoms with E-state index in [-0.39, 0.29) is 12.4 Å². The Bertz CT molecular complexity index is 472. The Morgan fingerprint density at radius 3 is 2.32 bits per heavy atom. The van der Waals surface area contributed by atoms with E-state index in [0.29, 0.717) is 11.4 Å². The molecule has 0 saturated heterocycles. The third-order valence-electron chi connectivity index (χ3n) is 3.71. The van der Waals surface area contributed by atoms with Crippen molar-refractivity contribution in [2.24, 2.45) is 0 Å². The fourth-order valence-corrected chi connectivity index (χ4v) is 2.41. The lowest BCUT2D eigenvalue weighted by atomic mass is 10.1. The normalized spacial score (nSPS) is 10.6. The molecule has 0 radical (unpaired) electrons. The van der Waals surface area contributed by atoms with Crippen molar-refractivity contribution in [3.8, 4) is 0 Å². The van der Waals surface area contributed by atoms with Gasteiger partial charge >= 0.3 is 5.82 Å². The summed E-state index contributed by atoms with van der Waals surface area (Å²) >= 11 is 0. The second-order valence-corrected chi connectivity index (χ2v) is 5.78. The number of allylic oxidation sites excluding steroid dienone is 1. The molecule has 0 bridgehead atoms. The van der Waals surface area contributed by atoms with Crippen LogP contribution >= 0.6 is 0 Å². The molecule has 0 spiro atoms. The van der Waals surface area contributed by atoms with Crippen LogP contribution in [0.5, 0.6) is 0 Å². The first-order valence-electron chi connectivity index (χ1n) is 8.29. The van der Waals surface area contributed by atoms with Crippen LogP contribution in [0, 0.1) is 0 Å². The molecule has 22 heavy (non-hydrogen) atoms. The van der Waals surface area contributed by atoms with E-state index in [0.717, 1.165) is 32.2 Å². The fraction of sp³-hybridized carbons (Fsp3) is 0.611. The zero-order valence-corrected chi connectivity index (χ0v) is 13.7. The molecule has 122 valence electrons. The third kappa shape index (κ3) is 6.94. The van der Waals surface area contributed by atoms with Crippen molar-refractivity contribution in [1.29, 1.82) is 0 Å². The second kappa shape index (κ2) is 11.1. The van der Waals surface area contributed by atoms with Crippen LogP contribution in [-0.4, -0.2) is 17.4 Å². The molecule has 4 nitrogen and oxygen atoms in total. The van der Waals surface area contributed by atoms with E-state index in [1.807, 2.05) is 16.8 Å². The van der Waals surface area contributed by atoms with Crippen molar-refractivity contribution in [2.45, 2.75) is 64.8 Å². The van der Waals surface area contributed by atoms with Gasteiger partial charge in [-0.2, -0.15) is 0 Å². The molecule has 0 aliphatic rings. The van der Waals surface area contributed by atoms with Gasteiger partial charge in [-0.1, -0.05) is 45.1 Å². The van der Waals surface area contributed by atoms with Crippen LogP contribution in [0.2, 0.25) is 0 Å².